The Bertz CT molecular complexity index is 927. The van der Waals surface area contributed by atoms with Gasteiger partial charge < -0.3 is 5.32 Å². The number of nitrogens with zero attached hydrogens (tertiary/aromatic N) is 2. The number of nitrogens with one attached hydrogen (secondary N) is 1. The molecule has 0 spiro atoms. The maximum absolute atomic E-state index is 12.3. The SMILES string of the molecule is CN(C)S(=O)(=O)c1cc(C(=O)Nc2ccc([N+](=O)[O-])cc2)ccc1Cl. The Morgan fingerprint density at radius 3 is 2.28 bits per heavy atom. The third-order valence-electron chi connectivity index (χ3n) is 3.29. The summed E-state index contributed by atoms with van der Waals surface area (Å²) in [6, 6.07) is 9.14. The van der Waals surface area contributed by atoms with Crippen LogP contribution < -0.4 is 5.32 Å². The lowest BCUT2D eigenvalue weighted by atomic mass is 10.2. The number of sulfonamides is 1. The van der Waals surface area contributed by atoms with Crippen molar-refractivity contribution in [1.29, 1.82) is 0 Å². The number of non-ortho nitro benzene ring substituents is 1. The summed E-state index contributed by atoms with van der Waals surface area (Å²) in [5.74, 6) is -0.569. The van der Waals surface area contributed by atoms with Gasteiger partial charge in [0, 0.05) is 37.5 Å². The smallest absolute Gasteiger partial charge is 0.269 e. The minimum Gasteiger partial charge on any atom is -0.322 e. The first-order valence-electron chi connectivity index (χ1n) is 6.91. The molecule has 2 aromatic rings. The Morgan fingerprint density at radius 2 is 1.76 bits per heavy atom. The monoisotopic (exact) mass is 383 g/mol. The molecule has 0 heterocycles. The van der Waals surface area contributed by atoms with Crippen molar-refractivity contribution in [3.05, 3.63) is 63.2 Å². The summed E-state index contributed by atoms with van der Waals surface area (Å²) in [6.07, 6.45) is 0. The maximum Gasteiger partial charge on any atom is 0.269 e. The van der Waals surface area contributed by atoms with E-state index in [2.05, 4.69) is 5.32 Å². The number of nitro groups is 1. The Labute approximate surface area is 149 Å². The zero-order valence-corrected chi connectivity index (χ0v) is 14.8. The van der Waals surface area contributed by atoms with E-state index in [1.807, 2.05) is 0 Å². The lowest BCUT2D eigenvalue weighted by Gasteiger charge is -2.14. The molecule has 0 radical (unpaired) electrons. The highest BCUT2D eigenvalue weighted by atomic mass is 35.5. The van der Waals surface area contributed by atoms with Gasteiger partial charge in [-0.15, -0.1) is 0 Å². The summed E-state index contributed by atoms with van der Waals surface area (Å²) >= 11 is 5.94. The molecular weight excluding hydrogens is 370 g/mol. The van der Waals surface area contributed by atoms with Crippen molar-refractivity contribution in [3.8, 4) is 0 Å². The van der Waals surface area contributed by atoms with Crippen LogP contribution in [0.2, 0.25) is 5.02 Å². The van der Waals surface area contributed by atoms with Crippen molar-refractivity contribution in [3.63, 3.8) is 0 Å². The molecule has 0 bridgehead atoms. The lowest BCUT2D eigenvalue weighted by molar-refractivity contribution is -0.384. The molecule has 0 unspecified atom stereocenters. The van der Waals surface area contributed by atoms with Gasteiger partial charge in [0.25, 0.3) is 11.6 Å². The highest BCUT2D eigenvalue weighted by molar-refractivity contribution is 7.89. The topological polar surface area (TPSA) is 110 Å². The van der Waals surface area contributed by atoms with Crippen LogP contribution in [0, 0.1) is 10.1 Å². The molecule has 0 aliphatic carbocycles. The Morgan fingerprint density at radius 1 is 1.16 bits per heavy atom. The van der Waals surface area contributed by atoms with Gasteiger partial charge in [0.15, 0.2) is 0 Å². The molecule has 8 nitrogen and oxygen atoms in total. The van der Waals surface area contributed by atoms with Crippen molar-refractivity contribution in [2.75, 3.05) is 19.4 Å². The Balaban J connectivity index is 2.30. The van der Waals surface area contributed by atoms with E-state index in [-0.39, 0.29) is 21.2 Å². The molecule has 0 aliphatic heterocycles. The van der Waals surface area contributed by atoms with Gasteiger partial charge in [-0.3, -0.25) is 14.9 Å². The second-order valence-corrected chi connectivity index (χ2v) is 7.72. The van der Waals surface area contributed by atoms with Crippen molar-refractivity contribution in [2.45, 2.75) is 4.90 Å². The van der Waals surface area contributed by atoms with Crippen LogP contribution in [-0.4, -0.2) is 37.6 Å². The Hall–Kier alpha value is -2.49. The van der Waals surface area contributed by atoms with E-state index in [1.165, 1.54) is 56.6 Å². The highest BCUT2D eigenvalue weighted by Gasteiger charge is 2.22. The predicted molar refractivity (Wildman–Crippen MR) is 93.4 cm³/mol. The van der Waals surface area contributed by atoms with Crippen molar-refractivity contribution < 1.29 is 18.1 Å². The third kappa shape index (κ3) is 4.13. The number of nitro benzene ring substituents is 1. The van der Waals surface area contributed by atoms with E-state index in [0.29, 0.717) is 5.69 Å². The molecule has 0 saturated carbocycles. The number of amides is 1. The first-order valence-corrected chi connectivity index (χ1v) is 8.72. The third-order valence-corrected chi connectivity index (χ3v) is 5.58. The van der Waals surface area contributed by atoms with Crippen LogP contribution >= 0.6 is 11.6 Å². The molecule has 10 heteroatoms. The fourth-order valence-electron chi connectivity index (χ4n) is 1.91. The molecule has 0 fully saturated rings. The summed E-state index contributed by atoms with van der Waals surface area (Å²) < 4.78 is 25.5. The summed E-state index contributed by atoms with van der Waals surface area (Å²) in [6.45, 7) is 0. The molecular formula is C15H14ClN3O5S. The second-order valence-electron chi connectivity index (χ2n) is 5.19. The number of carbonyl (C=O) groups excluding carboxylic acids is 1. The zero-order valence-electron chi connectivity index (χ0n) is 13.3. The lowest BCUT2D eigenvalue weighted by Crippen LogP contribution is -2.23. The number of carbonyl (C=O) groups is 1. The van der Waals surface area contributed by atoms with E-state index in [0.717, 1.165) is 4.31 Å². The predicted octanol–water partition coefficient (Wildman–Crippen LogP) is 2.75. The molecule has 132 valence electrons. The van der Waals surface area contributed by atoms with E-state index >= 15 is 0 Å². The van der Waals surface area contributed by atoms with Gasteiger partial charge in [0.05, 0.1) is 9.95 Å². The summed E-state index contributed by atoms with van der Waals surface area (Å²) in [5, 5.41) is 13.2. The first kappa shape index (κ1) is 18.8. The van der Waals surface area contributed by atoms with Crippen LogP contribution in [0.3, 0.4) is 0 Å². The average molecular weight is 384 g/mol. The number of hydrogen-bond acceptors (Lipinski definition) is 5. The molecule has 2 rings (SSSR count). The highest BCUT2D eigenvalue weighted by Crippen LogP contribution is 2.25. The largest absolute Gasteiger partial charge is 0.322 e. The van der Waals surface area contributed by atoms with Gasteiger partial charge >= 0.3 is 0 Å². The molecule has 1 amide bonds. The van der Waals surface area contributed by atoms with Gasteiger partial charge in [-0.1, -0.05) is 11.6 Å². The zero-order chi connectivity index (χ0) is 18.8. The van der Waals surface area contributed by atoms with Crippen LogP contribution in [0.5, 0.6) is 0 Å². The summed E-state index contributed by atoms with van der Waals surface area (Å²) in [7, 11) is -1.09. The van der Waals surface area contributed by atoms with Crippen molar-refractivity contribution in [2.24, 2.45) is 0 Å². The minimum absolute atomic E-state index is 0.000543. The van der Waals surface area contributed by atoms with Crippen LogP contribution in [0.4, 0.5) is 11.4 Å². The van der Waals surface area contributed by atoms with E-state index in [4.69, 9.17) is 11.6 Å². The average Bonchev–Trinajstić information content (AvgIpc) is 2.55. The van der Waals surface area contributed by atoms with Gasteiger partial charge in [-0.25, -0.2) is 12.7 Å². The van der Waals surface area contributed by atoms with Gasteiger partial charge in [-0.2, -0.15) is 0 Å². The molecule has 0 saturated heterocycles. The first-order chi connectivity index (χ1) is 11.6. The second kappa shape index (κ2) is 7.18. The number of rotatable bonds is 5. The molecule has 1 N–H and O–H groups in total. The molecule has 25 heavy (non-hydrogen) atoms. The van der Waals surface area contributed by atoms with Crippen LogP contribution in [0.25, 0.3) is 0 Å². The molecule has 2 aromatic carbocycles. The van der Waals surface area contributed by atoms with E-state index < -0.39 is 20.9 Å². The van der Waals surface area contributed by atoms with Crippen molar-refractivity contribution >= 4 is 38.9 Å². The quantitative estimate of drug-likeness (QED) is 0.630. The van der Waals surface area contributed by atoms with E-state index in [1.54, 1.807) is 0 Å². The molecule has 0 aromatic heterocycles. The van der Waals surface area contributed by atoms with Crippen molar-refractivity contribution in [1.82, 2.24) is 4.31 Å². The standard InChI is InChI=1S/C15H14ClN3O5S/c1-18(2)25(23,24)14-9-10(3-8-13(14)16)15(20)17-11-4-6-12(7-5-11)19(21)22/h3-9H,1-2H3,(H,17,20). The summed E-state index contributed by atoms with van der Waals surface area (Å²) in [4.78, 5) is 22.2. The van der Waals surface area contributed by atoms with Crippen LogP contribution in [0.15, 0.2) is 47.4 Å². The van der Waals surface area contributed by atoms with Gasteiger partial charge in [0.2, 0.25) is 10.0 Å². The van der Waals surface area contributed by atoms with Gasteiger partial charge in [0.1, 0.15) is 4.90 Å². The minimum atomic E-state index is -3.81. The van der Waals surface area contributed by atoms with Crippen LogP contribution in [0.1, 0.15) is 10.4 Å². The maximum atomic E-state index is 12.3. The molecule has 0 atom stereocenters. The number of benzene rings is 2. The summed E-state index contributed by atoms with van der Waals surface area (Å²) in [5.41, 5.74) is 0.314. The fourth-order valence-corrected chi connectivity index (χ4v) is 3.30. The number of halogens is 1. The van der Waals surface area contributed by atoms with E-state index in [9.17, 15) is 23.3 Å². The van der Waals surface area contributed by atoms with Gasteiger partial charge in [-0.05, 0) is 30.3 Å². The number of anilines is 1. The van der Waals surface area contributed by atoms with Crippen LogP contribution in [-0.2, 0) is 10.0 Å². The normalized spacial score (nSPS) is 11.4. The molecule has 0 aliphatic rings. The number of hydrogen-bond donors (Lipinski definition) is 1. The fraction of sp³-hybridized carbons (Fsp3) is 0.133. The Kier molecular flexibility index (Phi) is 5.41.